The SMILES string of the molecule is CC[C@H](C)C=C(C)C(=O)O. The van der Waals surface area contributed by atoms with Gasteiger partial charge in [0, 0.05) is 5.57 Å². The summed E-state index contributed by atoms with van der Waals surface area (Å²) in [6.07, 6.45) is 2.77. The Morgan fingerprint density at radius 1 is 1.70 bits per heavy atom. The van der Waals surface area contributed by atoms with E-state index in [1.165, 1.54) is 0 Å². The van der Waals surface area contributed by atoms with E-state index >= 15 is 0 Å². The van der Waals surface area contributed by atoms with Crippen LogP contribution in [0.15, 0.2) is 11.6 Å². The van der Waals surface area contributed by atoms with Gasteiger partial charge in [0.2, 0.25) is 0 Å². The maximum absolute atomic E-state index is 10.3. The minimum Gasteiger partial charge on any atom is -0.478 e. The molecule has 0 heterocycles. The van der Waals surface area contributed by atoms with E-state index in [9.17, 15) is 4.79 Å². The quantitative estimate of drug-likeness (QED) is 0.612. The molecule has 0 rings (SSSR count). The molecule has 0 unspecified atom stereocenters. The van der Waals surface area contributed by atoms with Crippen molar-refractivity contribution in [3.63, 3.8) is 0 Å². The molecule has 0 aliphatic heterocycles. The highest BCUT2D eigenvalue weighted by atomic mass is 16.4. The number of carboxylic acid groups (broad SMARTS) is 1. The standard InChI is InChI=1S/C8H14O2/c1-4-6(2)5-7(3)8(9)10/h5-6H,4H2,1-3H3,(H,9,10)/t6-/m0/s1. The lowest BCUT2D eigenvalue weighted by atomic mass is 10.1. The molecule has 0 aromatic heterocycles. The Kier molecular flexibility index (Phi) is 3.77. The van der Waals surface area contributed by atoms with Crippen LogP contribution in [0.25, 0.3) is 0 Å². The molecule has 0 aromatic carbocycles. The molecule has 0 spiro atoms. The first-order valence-corrected chi connectivity index (χ1v) is 3.49. The number of carbonyl (C=O) groups is 1. The molecule has 1 N–H and O–H groups in total. The third-order valence-electron chi connectivity index (χ3n) is 1.52. The first kappa shape index (κ1) is 9.21. The summed E-state index contributed by atoms with van der Waals surface area (Å²) in [5.74, 6) is -0.448. The number of hydrogen-bond acceptors (Lipinski definition) is 1. The summed E-state index contributed by atoms with van der Waals surface area (Å²) in [6.45, 7) is 5.66. The third kappa shape index (κ3) is 3.28. The molecule has 0 saturated carbocycles. The van der Waals surface area contributed by atoms with Gasteiger partial charge in [-0.15, -0.1) is 0 Å². The fraction of sp³-hybridized carbons (Fsp3) is 0.625. The van der Waals surface area contributed by atoms with Crippen LogP contribution in [0.2, 0.25) is 0 Å². The van der Waals surface area contributed by atoms with Crippen LogP contribution < -0.4 is 0 Å². The topological polar surface area (TPSA) is 37.3 Å². The first-order chi connectivity index (χ1) is 4.57. The summed E-state index contributed by atoms with van der Waals surface area (Å²) in [4.78, 5) is 10.3. The summed E-state index contributed by atoms with van der Waals surface area (Å²) < 4.78 is 0. The van der Waals surface area contributed by atoms with Crippen molar-refractivity contribution in [1.82, 2.24) is 0 Å². The number of carboxylic acids is 1. The zero-order valence-electron chi connectivity index (χ0n) is 6.72. The summed E-state index contributed by atoms with van der Waals surface area (Å²) in [7, 11) is 0. The second kappa shape index (κ2) is 4.09. The van der Waals surface area contributed by atoms with E-state index in [-0.39, 0.29) is 0 Å². The molecular formula is C8H14O2. The van der Waals surface area contributed by atoms with Crippen molar-refractivity contribution in [3.8, 4) is 0 Å². The van der Waals surface area contributed by atoms with E-state index < -0.39 is 5.97 Å². The van der Waals surface area contributed by atoms with Crippen LogP contribution in [0.4, 0.5) is 0 Å². The van der Waals surface area contributed by atoms with Crippen LogP contribution in [-0.2, 0) is 4.79 Å². The molecule has 10 heavy (non-hydrogen) atoms. The van der Waals surface area contributed by atoms with Crippen LogP contribution >= 0.6 is 0 Å². The zero-order valence-corrected chi connectivity index (χ0v) is 6.72. The molecular weight excluding hydrogens is 128 g/mol. The van der Waals surface area contributed by atoms with E-state index in [0.717, 1.165) is 6.42 Å². The predicted octanol–water partition coefficient (Wildman–Crippen LogP) is 2.06. The second-order valence-electron chi connectivity index (χ2n) is 2.54. The van der Waals surface area contributed by atoms with Crippen LogP contribution in [-0.4, -0.2) is 11.1 Å². The Bertz CT molecular complexity index is 147. The van der Waals surface area contributed by atoms with Gasteiger partial charge in [-0.25, -0.2) is 4.79 Å². The maximum Gasteiger partial charge on any atom is 0.330 e. The monoisotopic (exact) mass is 142 g/mol. The van der Waals surface area contributed by atoms with Crippen molar-refractivity contribution in [2.24, 2.45) is 5.92 Å². The van der Waals surface area contributed by atoms with Gasteiger partial charge in [-0.2, -0.15) is 0 Å². The lowest BCUT2D eigenvalue weighted by Crippen LogP contribution is -1.98. The van der Waals surface area contributed by atoms with Gasteiger partial charge >= 0.3 is 5.97 Å². The average molecular weight is 142 g/mol. The molecule has 0 amide bonds. The molecule has 0 saturated heterocycles. The molecule has 0 aliphatic rings. The highest BCUT2D eigenvalue weighted by Crippen LogP contribution is 2.05. The normalized spacial score (nSPS) is 14.9. The fourth-order valence-corrected chi connectivity index (χ4v) is 0.616. The number of rotatable bonds is 3. The van der Waals surface area contributed by atoms with Gasteiger partial charge in [0.25, 0.3) is 0 Å². The first-order valence-electron chi connectivity index (χ1n) is 3.49. The van der Waals surface area contributed by atoms with Crippen LogP contribution in [0, 0.1) is 5.92 Å². The smallest absolute Gasteiger partial charge is 0.330 e. The van der Waals surface area contributed by atoms with Gasteiger partial charge in [-0.3, -0.25) is 0 Å². The van der Waals surface area contributed by atoms with E-state index in [4.69, 9.17) is 5.11 Å². The van der Waals surface area contributed by atoms with Crippen LogP contribution in [0.3, 0.4) is 0 Å². The van der Waals surface area contributed by atoms with Gasteiger partial charge in [-0.1, -0.05) is 26.3 Å². The van der Waals surface area contributed by atoms with Crippen LogP contribution in [0.1, 0.15) is 27.2 Å². The fourth-order valence-electron chi connectivity index (χ4n) is 0.616. The van der Waals surface area contributed by atoms with Crippen molar-refractivity contribution in [3.05, 3.63) is 11.6 Å². The number of aliphatic carboxylic acids is 1. The highest BCUT2D eigenvalue weighted by Gasteiger charge is 2.01. The molecule has 2 nitrogen and oxygen atoms in total. The molecule has 0 aromatic rings. The molecule has 0 radical (unpaired) electrons. The summed E-state index contributed by atoms with van der Waals surface area (Å²) >= 11 is 0. The van der Waals surface area contributed by atoms with Crippen molar-refractivity contribution >= 4 is 5.97 Å². The Morgan fingerprint density at radius 2 is 2.20 bits per heavy atom. The molecule has 58 valence electrons. The summed E-state index contributed by atoms with van der Waals surface area (Å²) in [5.41, 5.74) is 0.439. The Labute approximate surface area is 61.6 Å². The minimum absolute atomic E-state index is 0.371. The largest absolute Gasteiger partial charge is 0.478 e. The Morgan fingerprint density at radius 3 is 2.50 bits per heavy atom. The summed E-state index contributed by atoms with van der Waals surface area (Å²) in [6, 6.07) is 0. The third-order valence-corrected chi connectivity index (χ3v) is 1.52. The van der Waals surface area contributed by atoms with E-state index in [1.807, 2.05) is 13.8 Å². The van der Waals surface area contributed by atoms with Gasteiger partial charge in [0.05, 0.1) is 0 Å². The van der Waals surface area contributed by atoms with Crippen molar-refractivity contribution in [1.29, 1.82) is 0 Å². The molecule has 2 heteroatoms. The minimum atomic E-state index is -0.819. The van der Waals surface area contributed by atoms with Crippen molar-refractivity contribution in [2.45, 2.75) is 27.2 Å². The average Bonchev–Trinajstić information content (AvgIpc) is 1.87. The van der Waals surface area contributed by atoms with Gasteiger partial charge in [0.1, 0.15) is 0 Å². The van der Waals surface area contributed by atoms with Crippen LogP contribution in [0.5, 0.6) is 0 Å². The van der Waals surface area contributed by atoms with Crippen molar-refractivity contribution in [2.75, 3.05) is 0 Å². The molecule has 0 fully saturated rings. The molecule has 1 atom stereocenters. The Balaban J connectivity index is 4.02. The lowest BCUT2D eigenvalue weighted by molar-refractivity contribution is -0.132. The second-order valence-corrected chi connectivity index (χ2v) is 2.54. The van der Waals surface area contributed by atoms with Gasteiger partial charge in [-0.05, 0) is 12.8 Å². The zero-order chi connectivity index (χ0) is 8.15. The molecule has 0 bridgehead atoms. The number of hydrogen-bond donors (Lipinski definition) is 1. The highest BCUT2D eigenvalue weighted by molar-refractivity contribution is 5.85. The number of allylic oxidation sites excluding steroid dienone is 1. The van der Waals surface area contributed by atoms with E-state index in [0.29, 0.717) is 11.5 Å². The predicted molar refractivity (Wildman–Crippen MR) is 40.8 cm³/mol. The van der Waals surface area contributed by atoms with Gasteiger partial charge in [0.15, 0.2) is 0 Å². The lowest BCUT2D eigenvalue weighted by Gasteiger charge is -2.00. The van der Waals surface area contributed by atoms with Crippen molar-refractivity contribution < 1.29 is 9.90 Å². The van der Waals surface area contributed by atoms with Gasteiger partial charge < -0.3 is 5.11 Å². The van der Waals surface area contributed by atoms with E-state index in [2.05, 4.69) is 0 Å². The Hall–Kier alpha value is -0.790. The van der Waals surface area contributed by atoms with E-state index in [1.54, 1.807) is 13.0 Å². The molecule has 0 aliphatic carbocycles. The summed E-state index contributed by atoms with van der Waals surface area (Å²) in [5, 5.41) is 8.46. The maximum atomic E-state index is 10.3.